The van der Waals surface area contributed by atoms with Crippen LogP contribution in [0.3, 0.4) is 0 Å². The van der Waals surface area contributed by atoms with Gasteiger partial charge in [0.05, 0.1) is 24.1 Å². The molecule has 0 aromatic heterocycles. The van der Waals surface area contributed by atoms with E-state index >= 15 is 0 Å². The highest BCUT2D eigenvalue weighted by Gasteiger charge is 2.33. The second-order valence-corrected chi connectivity index (χ2v) is 6.39. The minimum absolute atomic E-state index is 0. The number of nitrogens with two attached hydrogens (primary N) is 1. The van der Waals surface area contributed by atoms with Gasteiger partial charge in [-0.15, -0.1) is 12.4 Å². The monoisotopic (exact) mass is 372 g/mol. The van der Waals surface area contributed by atoms with E-state index in [0.29, 0.717) is 18.9 Å². The zero-order valence-electron chi connectivity index (χ0n) is 14.5. The third kappa shape index (κ3) is 5.55. The summed E-state index contributed by atoms with van der Waals surface area (Å²) in [6.07, 6.45) is 0.944. The van der Waals surface area contributed by atoms with Crippen LogP contribution in [-0.4, -0.2) is 48.5 Å². The van der Waals surface area contributed by atoms with Crippen LogP contribution in [0.4, 0.5) is 11.4 Å². The molecular formula is C16H25ClN4O4. The van der Waals surface area contributed by atoms with Crippen LogP contribution in [0.15, 0.2) is 18.2 Å². The summed E-state index contributed by atoms with van der Waals surface area (Å²) in [5.41, 5.74) is 5.79. The van der Waals surface area contributed by atoms with Crippen LogP contribution in [0, 0.1) is 15.5 Å². The quantitative estimate of drug-likeness (QED) is 0.559. The number of hydrogen-bond donors (Lipinski definition) is 2. The first-order valence-electron chi connectivity index (χ1n) is 8.00. The second-order valence-electron chi connectivity index (χ2n) is 6.39. The molecule has 1 aromatic carbocycles. The normalized spacial score (nSPS) is 20.0. The van der Waals surface area contributed by atoms with Gasteiger partial charge in [-0.3, -0.25) is 19.8 Å². The summed E-state index contributed by atoms with van der Waals surface area (Å²) in [6, 6.07) is 4.42. The smallest absolute Gasteiger partial charge is 0.296 e. The first-order chi connectivity index (χ1) is 11.4. The maximum absolute atomic E-state index is 12.2. The predicted molar refractivity (Wildman–Crippen MR) is 98.4 cm³/mol. The van der Waals surface area contributed by atoms with Crippen molar-refractivity contribution < 1.29 is 14.5 Å². The van der Waals surface area contributed by atoms with Gasteiger partial charge in [0.25, 0.3) is 5.69 Å². The van der Waals surface area contributed by atoms with Gasteiger partial charge in [-0.2, -0.15) is 0 Å². The van der Waals surface area contributed by atoms with Crippen molar-refractivity contribution in [2.24, 2.45) is 11.1 Å². The zero-order chi connectivity index (χ0) is 17.7. The molecule has 1 fully saturated rings. The number of anilines is 1. The van der Waals surface area contributed by atoms with Gasteiger partial charge in [0.15, 0.2) is 0 Å². The number of nitrogens with one attached hydrogen (secondary N) is 1. The number of nitrogens with zero attached hydrogens (tertiary/aromatic N) is 2. The number of nitro groups is 1. The number of carbonyl (C=O) groups excluding carboxylic acids is 1. The Labute approximate surface area is 153 Å². The van der Waals surface area contributed by atoms with Crippen molar-refractivity contribution in [2.45, 2.75) is 20.3 Å². The van der Waals surface area contributed by atoms with Crippen molar-refractivity contribution in [2.75, 3.05) is 38.1 Å². The fraction of sp³-hybridized carbons (Fsp3) is 0.562. The summed E-state index contributed by atoms with van der Waals surface area (Å²) in [5, 5.41) is 13.8. The average Bonchev–Trinajstić information content (AvgIpc) is 2.90. The molecule has 3 N–H and O–H groups in total. The predicted octanol–water partition coefficient (Wildman–Crippen LogP) is 2.02. The minimum Gasteiger partial charge on any atom is -0.494 e. The molecule has 0 spiro atoms. The molecule has 1 saturated heterocycles. The molecule has 0 saturated carbocycles. The SMILES string of the molecule is CCOc1ccc(NC(=O)CN2CCC(C)(CN)C2)c([N+](=O)[O-])c1.Cl. The highest BCUT2D eigenvalue weighted by atomic mass is 35.5. The molecule has 25 heavy (non-hydrogen) atoms. The van der Waals surface area contributed by atoms with Crippen molar-refractivity contribution in [3.05, 3.63) is 28.3 Å². The summed E-state index contributed by atoms with van der Waals surface area (Å²) in [7, 11) is 0. The van der Waals surface area contributed by atoms with E-state index in [9.17, 15) is 14.9 Å². The van der Waals surface area contributed by atoms with Gasteiger partial charge < -0.3 is 15.8 Å². The van der Waals surface area contributed by atoms with Crippen molar-refractivity contribution >= 4 is 29.7 Å². The van der Waals surface area contributed by atoms with Crippen LogP contribution in [0.2, 0.25) is 0 Å². The van der Waals surface area contributed by atoms with E-state index in [4.69, 9.17) is 10.5 Å². The first kappa shape index (κ1) is 21.1. The van der Waals surface area contributed by atoms with Gasteiger partial charge in [0.1, 0.15) is 11.4 Å². The highest BCUT2D eigenvalue weighted by Crippen LogP contribution is 2.30. The van der Waals surface area contributed by atoms with Gasteiger partial charge in [-0.05, 0) is 44.0 Å². The van der Waals surface area contributed by atoms with Crippen molar-refractivity contribution in [1.29, 1.82) is 0 Å². The van der Waals surface area contributed by atoms with Crippen molar-refractivity contribution in [1.82, 2.24) is 4.90 Å². The Morgan fingerprint density at radius 1 is 1.52 bits per heavy atom. The van der Waals surface area contributed by atoms with Gasteiger partial charge in [-0.1, -0.05) is 6.92 Å². The van der Waals surface area contributed by atoms with E-state index < -0.39 is 4.92 Å². The van der Waals surface area contributed by atoms with E-state index in [0.717, 1.165) is 19.5 Å². The minimum atomic E-state index is -0.528. The molecule has 1 aliphatic heterocycles. The molecule has 0 bridgehead atoms. The summed E-state index contributed by atoms with van der Waals surface area (Å²) in [5.74, 6) is 0.129. The van der Waals surface area contributed by atoms with Crippen LogP contribution in [0.5, 0.6) is 5.75 Å². The molecule has 0 radical (unpaired) electrons. The van der Waals surface area contributed by atoms with Crippen molar-refractivity contribution in [3.63, 3.8) is 0 Å². The number of hydrogen-bond acceptors (Lipinski definition) is 6. The fourth-order valence-corrected chi connectivity index (χ4v) is 2.85. The summed E-state index contributed by atoms with van der Waals surface area (Å²) in [4.78, 5) is 24.9. The number of halogens is 1. The fourth-order valence-electron chi connectivity index (χ4n) is 2.85. The zero-order valence-corrected chi connectivity index (χ0v) is 15.3. The van der Waals surface area contributed by atoms with Gasteiger partial charge in [0.2, 0.25) is 5.91 Å². The Balaban J connectivity index is 0.00000312. The van der Waals surface area contributed by atoms with E-state index in [-0.39, 0.29) is 41.6 Å². The Bertz CT molecular complexity index is 628. The second kappa shape index (κ2) is 8.98. The molecule has 9 heteroatoms. The van der Waals surface area contributed by atoms with Gasteiger partial charge >= 0.3 is 0 Å². The molecule has 140 valence electrons. The molecular weight excluding hydrogens is 348 g/mol. The van der Waals surface area contributed by atoms with E-state index in [1.54, 1.807) is 13.0 Å². The maximum Gasteiger partial charge on any atom is 0.296 e. The average molecular weight is 373 g/mol. The number of amides is 1. The van der Waals surface area contributed by atoms with Gasteiger partial charge in [-0.25, -0.2) is 0 Å². The lowest BCUT2D eigenvalue weighted by atomic mass is 9.90. The van der Waals surface area contributed by atoms with Crippen molar-refractivity contribution in [3.8, 4) is 5.75 Å². The lowest BCUT2D eigenvalue weighted by molar-refractivity contribution is -0.384. The highest BCUT2D eigenvalue weighted by molar-refractivity contribution is 5.94. The lowest BCUT2D eigenvalue weighted by Gasteiger charge is -2.22. The van der Waals surface area contributed by atoms with Crippen LogP contribution in [0.25, 0.3) is 0 Å². The summed E-state index contributed by atoms with van der Waals surface area (Å²) >= 11 is 0. The molecule has 1 unspecified atom stereocenters. The maximum atomic E-state index is 12.2. The Hall–Kier alpha value is -1.90. The lowest BCUT2D eigenvalue weighted by Crippen LogP contribution is -2.35. The topological polar surface area (TPSA) is 111 Å². The largest absolute Gasteiger partial charge is 0.494 e. The summed E-state index contributed by atoms with van der Waals surface area (Å²) in [6.45, 7) is 6.64. The number of likely N-dealkylation sites (tertiary alicyclic amines) is 1. The molecule has 8 nitrogen and oxygen atoms in total. The molecule has 2 rings (SSSR count). The first-order valence-corrected chi connectivity index (χ1v) is 8.00. The number of ether oxygens (including phenoxy) is 1. The number of carbonyl (C=O) groups is 1. The molecule has 1 aliphatic rings. The Kier molecular flexibility index (Phi) is 7.60. The van der Waals surface area contributed by atoms with Crippen LogP contribution in [0.1, 0.15) is 20.3 Å². The molecule has 1 atom stereocenters. The number of nitro benzene ring substituents is 1. The van der Waals surface area contributed by atoms with Crippen LogP contribution in [-0.2, 0) is 4.79 Å². The van der Waals surface area contributed by atoms with E-state index in [1.165, 1.54) is 12.1 Å². The molecule has 1 amide bonds. The molecule has 0 aliphatic carbocycles. The van der Waals surface area contributed by atoms with E-state index in [1.807, 2.05) is 4.90 Å². The number of rotatable bonds is 7. The third-order valence-corrected chi connectivity index (χ3v) is 4.25. The van der Waals surface area contributed by atoms with Crippen LogP contribution >= 0.6 is 12.4 Å². The van der Waals surface area contributed by atoms with Gasteiger partial charge in [0, 0.05) is 6.54 Å². The number of benzene rings is 1. The molecule has 1 aromatic rings. The standard InChI is InChI=1S/C16H24N4O4.ClH/c1-3-24-12-4-5-13(14(8-12)20(22)23)18-15(21)9-19-7-6-16(2,10-17)11-19;/h4-5,8H,3,6-7,9-11,17H2,1-2H3,(H,18,21);1H. The third-order valence-electron chi connectivity index (χ3n) is 4.25. The van der Waals surface area contributed by atoms with E-state index in [2.05, 4.69) is 12.2 Å². The Morgan fingerprint density at radius 3 is 2.80 bits per heavy atom. The summed E-state index contributed by atoms with van der Waals surface area (Å²) < 4.78 is 5.26. The Morgan fingerprint density at radius 2 is 2.24 bits per heavy atom. The van der Waals surface area contributed by atoms with Crippen LogP contribution < -0.4 is 15.8 Å². The molecule has 1 heterocycles.